The third kappa shape index (κ3) is 4.80. The van der Waals surface area contributed by atoms with E-state index >= 15 is 0 Å². The van der Waals surface area contributed by atoms with Gasteiger partial charge in [0.1, 0.15) is 11.1 Å². The molecule has 1 heterocycles. The van der Waals surface area contributed by atoms with Gasteiger partial charge in [-0.3, -0.25) is 10.1 Å². The average molecular weight is 438 g/mol. The summed E-state index contributed by atoms with van der Waals surface area (Å²) in [6.45, 7) is 0. The van der Waals surface area contributed by atoms with Crippen molar-refractivity contribution in [2.45, 2.75) is 38.5 Å². The van der Waals surface area contributed by atoms with Crippen LogP contribution in [0.25, 0.3) is 0 Å². The maximum atomic E-state index is 12.4. The zero-order chi connectivity index (χ0) is 19.4. The number of nitrogens with one attached hydrogen (secondary N) is 2. The summed E-state index contributed by atoms with van der Waals surface area (Å²) in [6, 6.07) is 6.93. The molecule has 140 valence electrons. The summed E-state index contributed by atoms with van der Waals surface area (Å²) in [5.74, 6) is -0.428. The molecule has 27 heavy (non-hydrogen) atoms. The number of carbonyl (C=O) groups excluding carboxylic acids is 1. The van der Waals surface area contributed by atoms with Crippen molar-refractivity contribution in [1.29, 1.82) is 5.26 Å². The standard InChI is InChI=1S/C19H17Cl2N3OS2/c20-11-7-8-13(15(21)9-11)17(25)23-19(26)24-18-14(10-22)12-5-3-1-2-4-6-16(12)27-18/h7-9H,1-6H2,(H2,23,24,25,26). The molecule has 0 spiro atoms. The smallest absolute Gasteiger partial charge is 0.258 e. The fourth-order valence-corrected chi connectivity index (χ4v) is 5.10. The molecule has 0 unspecified atom stereocenters. The van der Waals surface area contributed by atoms with E-state index in [1.807, 2.05) is 0 Å². The number of anilines is 1. The van der Waals surface area contributed by atoms with Gasteiger partial charge in [0.25, 0.3) is 5.91 Å². The van der Waals surface area contributed by atoms with Gasteiger partial charge in [0.15, 0.2) is 5.11 Å². The molecule has 0 aliphatic heterocycles. The molecule has 0 saturated heterocycles. The largest absolute Gasteiger partial charge is 0.323 e. The normalized spacial score (nSPS) is 13.7. The first-order chi connectivity index (χ1) is 13.0. The highest BCUT2D eigenvalue weighted by molar-refractivity contribution is 7.80. The highest BCUT2D eigenvalue weighted by Crippen LogP contribution is 2.36. The number of carbonyl (C=O) groups is 1. The predicted molar refractivity (Wildman–Crippen MR) is 115 cm³/mol. The molecule has 1 aromatic heterocycles. The van der Waals surface area contributed by atoms with E-state index < -0.39 is 5.91 Å². The van der Waals surface area contributed by atoms with Crippen LogP contribution in [-0.2, 0) is 12.8 Å². The Morgan fingerprint density at radius 1 is 1.19 bits per heavy atom. The number of rotatable bonds is 2. The van der Waals surface area contributed by atoms with E-state index in [0.717, 1.165) is 31.2 Å². The van der Waals surface area contributed by atoms with Crippen molar-refractivity contribution in [3.63, 3.8) is 0 Å². The summed E-state index contributed by atoms with van der Waals surface area (Å²) in [6.07, 6.45) is 6.53. The molecule has 0 saturated carbocycles. The van der Waals surface area contributed by atoms with Crippen LogP contribution in [-0.4, -0.2) is 11.0 Å². The van der Waals surface area contributed by atoms with Crippen molar-refractivity contribution in [3.8, 4) is 6.07 Å². The van der Waals surface area contributed by atoms with Gasteiger partial charge < -0.3 is 5.32 Å². The highest BCUT2D eigenvalue weighted by atomic mass is 35.5. The lowest BCUT2D eigenvalue weighted by Crippen LogP contribution is -2.34. The fraction of sp³-hybridized carbons (Fsp3) is 0.316. The van der Waals surface area contributed by atoms with Gasteiger partial charge in [-0.05, 0) is 61.7 Å². The third-order valence-corrected chi connectivity index (χ3v) is 6.37. The summed E-state index contributed by atoms with van der Waals surface area (Å²) in [5, 5.41) is 16.8. The van der Waals surface area contributed by atoms with Crippen LogP contribution < -0.4 is 10.6 Å². The van der Waals surface area contributed by atoms with Crippen LogP contribution in [0.3, 0.4) is 0 Å². The van der Waals surface area contributed by atoms with Crippen molar-refractivity contribution in [2.75, 3.05) is 5.32 Å². The van der Waals surface area contributed by atoms with E-state index in [1.165, 1.54) is 23.8 Å². The quantitative estimate of drug-likeness (QED) is 0.590. The van der Waals surface area contributed by atoms with Crippen molar-refractivity contribution in [2.24, 2.45) is 0 Å². The SMILES string of the molecule is N#Cc1c(NC(=S)NC(=O)c2ccc(Cl)cc2Cl)sc2c1CCCCCC2. The average Bonchev–Trinajstić information content (AvgIpc) is 2.90. The number of benzene rings is 1. The third-order valence-electron chi connectivity index (χ3n) is 4.41. The van der Waals surface area contributed by atoms with Gasteiger partial charge in [-0.2, -0.15) is 5.26 Å². The Morgan fingerprint density at radius 3 is 2.63 bits per heavy atom. The molecule has 1 aromatic carbocycles. The van der Waals surface area contributed by atoms with Crippen LogP contribution in [0.2, 0.25) is 10.0 Å². The molecule has 0 bridgehead atoms. The minimum atomic E-state index is -0.428. The summed E-state index contributed by atoms with van der Waals surface area (Å²) < 4.78 is 0. The van der Waals surface area contributed by atoms with Gasteiger partial charge in [0.2, 0.25) is 0 Å². The van der Waals surface area contributed by atoms with Gasteiger partial charge in [-0.15, -0.1) is 11.3 Å². The number of thiophene rings is 1. The van der Waals surface area contributed by atoms with E-state index in [0.29, 0.717) is 15.6 Å². The molecule has 1 aliphatic rings. The van der Waals surface area contributed by atoms with E-state index in [2.05, 4.69) is 16.7 Å². The molecule has 1 aliphatic carbocycles. The fourth-order valence-electron chi connectivity index (χ4n) is 3.10. The molecule has 4 nitrogen and oxygen atoms in total. The first kappa shape index (κ1) is 20.1. The van der Waals surface area contributed by atoms with Crippen LogP contribution in [0.15, 0.2) is 18.2 Å². The van der Waals surface area contributed by atoms with Gasteiger partial charge in [0.05, 0.1) is 16.1 Å². The second-order valence-corrected chi connectivity index (χ2v) is 8.62. The lowest BCUT2D eigenvalue weighted by Gasteiger charge is -2.10. The summed E-state index contributed by atoms with van der Waals surface area (Å²) in [7, 11) is 0. The molecule has 0 atom stereocenters. The molecule has 0 radical (unpaired) electrons. The summed E-state index contributed by atoms with van der Waals surface area (Å²) in [5.41, 5.74) is 2.04. The molecule has 8 heteroatoms. The summed E-state index contributed by atoms with van der Waals surface area (Å²) in [4.78, 5) is 13.6. The Kier molecular flexibility index (Phi) is 6.72. The number of hydrogen-bond donors (Lipinski definition) is 2. The van der Waals surface area contributed by atoms with Crippen molar-refractivity contribution < 1.29 is 4.79 Å². The highest BCUT2D eigenvalue weighted by Gasteiger charge is 2.20. The van der Waals surface area contributed by atoms with Crippen molar-refractivity contribution >= 4 is 62.8 Å². The lowest BCUT2D eigenvalue weighted by molar-refractivity contribution is 0.0978. The Bertz CT molecular complexity index is 934. The van der Waals surface area contributed by atoms with Crippen molar-refractivity contribution in [3.05, 3.63) is 49.8 Å². The van der Waals surface area contributed by atoms with Gasteiger partial charge in [0, 0.05) is 9.90 Å². The minimum absolute atomic E-state index is 0.136. The molecular formula is C19H17Cl2N3OS2. The van der Waals surface area contributed by atoms with Gasteiger partial charge >= 0.3 is 0 Å². The first-order valence-electron chi connectivity index (χ1n) is 8.61. The Balaban J connectivity index is 1.75. The Labute approximate surface area is 177 Å². The topological polar surface area (TPSA) is 64.9 Å². The van der Waals surface area contributed by atoms with E-state index in [4.69, 9.17) is 35.4 Å². The number of nitriles is 1. The second-order valence-electron chi connectivity index (χ2n) is 6.27. The predicted octanol–water partition coefficient (Wildman–Crippen LogP) is 5.71. The second kappa shape index (κ2) is 9.03. The van der Waals surface area contributed by atoms with Crippen molar-refractivity contribution in [1.82, 2.24) is 5.32 Å². The first-order valence-corrected chi connectivity index (χ1v) is 10.6. The molecule has 3 rings (SSSR count). The molecular weight excluding hydrogens is 421 g/mol. The zero-order valence-electron chi connectivity index (χ0n) is 14.4. The molecule has 1 amide bonds. The molecule has 2 aromatic rings. The maximum absolute atomic E-state index is 12.4. The van der Waals surface area contributed by atoms with Gasteiger partial charge in [-0.25, -0.2) is 0 Å². The number of nitrogens with zero attached hydrogens (tertiary/aromatic N) is 1. The minimum Gasteiger partial charge on any atom is -0.323 e. The van der Waals surface area contributed by atoms with Crippen LogP contribution in [0, 0.1) is 11.3 Å². The lowest BCUT2D eigenvalue weighted by atomic mass is 9.97. The van der Waals surface area contributed by atoms with Gasteiger partial charge in [-0.1, -0.05) is 36.0 Å². The van der Waals surface area contributed by atoms with E-state index in [1.54, 1.807) is 23.5 Å². The number of thiocarbonyl (C=S) groups is 1. The number of halogens is 2. The number of aryl methyl sites for hydroxylation is 1. The zero-order valence-corrected chi connectivity index (χ0v) is 17.5. The number of fused-ring (bicyclic) bond motifs is 1. The number of hydrogen-bond acceptors (Lipinski definition) is 4. The van der Waals surface area contributed by atoms with Crippen LogP contribution in [0.4, 0.5) is 5.00 Å². The number of amides is 1. The van der Waals surface area contributed by atoms with E-state index in [-0.39, 0.29) is 15.7 Å². The molecule has 0 fully saturated rings. The van der Waals surface area contributed by atoms with E-state index in [9.17, 15) is 10.1 Å². The van der Waals surface area contributed by atoms with Crippen LogP contribution >= 0.6 is 46.8 Å². The maximum Gasteiger partial charge on any atom is 0.258 e. The Morgan fingerprint density at radius 2 is 1.93 bits per heavy atom. The monoisotopic (exact) mass is 437 g/mol. The van der Waals surface area contributed by atoms with Crippen LogP contribution in [0.1, 0.15) is 52.0 Å². The molecule has 2 N–H and O–H groups in total. The Hall–Kier alpha value is -1.65. The van der Waals surface area contributed by atoms with Crippen LogP contribution in [0.5, 0.6) is 0 Å². The summed E-state index contributed by atoms with van der Waals surface area (Å²) >= 11 is 18.7.